The molecule has 0 fully saturated rings. The number of rotatable bonds is 1. The van der Waals surface area contributed by atoms with Crippen molar-refractivity contribution < 1.29 is 13.9 Å². The second-order valence-electron chi connectivity index (χ2n) is 2.23. The van der Waals surface area contributed by atoms with Crippen molar-refractivity contribution in [3.05, 3.63) is 22.4 Å². The average molecular weight is 249 g/mol. The normalized spacial score (nSPS) is 9.69. The molecule has 1 aromatic rings. The zero-order chi connectivity index (χ0) is 10.0. The third-order valence-corrected chi connectivity index (χ3v) is 2.09. The summed E-state index contributed by atoms with van der Waals surface area (Å²) < 4.78 is 17.5. The number of hydrogen-bond donors (Lipinski definition) is 2. The summed E-state index contributed by atoms with van der Waals surface area (Å²) >= 11 is 3.02. The molecule has 1 amide bonds. The van der Waals surface area contributed by atoms with Gasteiger partial charge in [0.05, 0.1) is 10.2 Å². The summed E-state index contributed by atoms with van der Waals surface area (Å²) in [4.78, 5) is 10.4. The maximum atomic E-state index is 12.7. The Kier molecular flexibility index (Phi) is 2.72. The van der Waals surface area contributed by atoms with Gasteiger partial charge in [-0.3, -0.25) is 0 Å². The number of amides is 1. The Balaban J connectivity index is 3.12. The van der Waals surface area contributed by atoms with Crippen LogP contribution in [0.2, 0.25) is 0 Å². The van der Waals surface area contributed by atoms with E-state index in [0.717, 1.165) is 12.1 Å². The zero-order valence-electron chi connectivity index (χ0n) is 6.38. The first-order chi connectivity index (χ1) is 6.00. The minimum Gasteiger partial charge on any atom is -0.409 e. The highest BCUT2D eigenvalue weighted by Crippen LogP contribution is 2.31. The third kappa shape index (κ3) is 2.32. The summed E-state index contributed by atoms with van der Waals surface area (Å²) in [5, 5.41) is 0. The quantitative estimate of drug-likeness (QED) is 0.742. The molecule has 4 N–H and O–H groups in total. The first-order valence-electron chi connectivity index (χ1n) is 3.22. The van der Waals surface area contributed by atoms with Crippen molar-refractivity contribution in [1.82, 2.24) is 0 Å². The van der Waals surface area contributed by atoms with Gasteiger partial charge in [0.15, 0.2) is 5.75 Å². The number of nitrogens with two attached hydrogens (primary N) is 2. The predicted octanol–water partition coefficient (Wildman–Crippen LogP) is 1.63. The number of carbonyl (C=O) groups is 1. The Morgan fingerprint density at radius 1 is 1.54 bits per heavy atom. The van der Waals surface area contributed by atoms with Crippen LogP contribution in [-0.2, 0) is 0 Å². The van der Waals surface area contributed by atoms with Crippen LogP contribution >= 0.6 is 15.9 Å². The maximum absolute atomic E-state index is 12.7. The monoisotopic (exact) mass is 248 g/mol. The van der Waals surface area contributed by atoms with Crippen LogP contribution in [0.3, 0.4) is 0 Å². The second-order valence-corrected chi connectivity index (χ2v) is 3.02. The van der Waals surface area contributed by atoms with Gasteiger partial charge < -0.3 is 16.2 Å². The molecule has 0 atom stereocenters. The number of nitrogen functional groups attached to an aromatic ring is 1. The molecule has 1 rings (SSSR count). The lowest BCUT2D eigenvalue weighted by Crippen LogP contribution is -2.16. The van der Waals surface area contributed by atoms with E-state index in [1.165, 1.54) is 0 Å². The van der Waals surface area contributed by atoms with Crippen LogP contribution in [0.1, 0.15) is 0 Å². The molecule has 6 heteroatoms. The molecule has 0 saturated carbocycles. The predicted molar refractivity (Wildman–Crippen MR) is 48.7 cm³/mol. The minimum absolute atomic E-state index is 0.0370. The van der Waals surface area contributed by atoms with Crippen molar-refractivity contribution >= 4 is 27.7 Å². The lowest BCUT2D eigenvalue weighted by atomic mass is 10.3. The molecule has 0 heterocycles. The Labute approximate surface area is 81.8 Å². The fourth-order valence-electron chi connectivity index (χ4n) is 0.767. The Hall–Kier alpha value is -1.30. The summed E-state index contributed by atoms with van der Waals surface area (Å²) in [7, 11) is 0. The van der Waals surface area contributed by atoms with Gasteiger partial charge in [0.2, 0.25) is 0 Å². The molecule has 0 aliphatic rings. The molecule has 4 nitrogen and oxygen atoms in total. The first-order valence-corrected chi connectivity index (χ1v) is 4.02. The lowest BCUT2D eigenvalue weighted by molar-refractivity contribution is 0.210. The fraction of sp³-hybridized carbons (Fsp3) is 0. The Morgan fingerprint density at radius 3 is 2.69 bits per heavy atom. The van der Waals surface area contributed by atoms with Gasteiger partial charge in [-0.25, -0.2) is 9.18 Å². The largest absolute Gasteiger partial charge is 0.410 e. The molecular formula is C7H6BrFN2O2. The van der Waals surface area contributed by atoms with Crippen molar-refractivity contribution in [2.45, 2.75) is 0 Å². The fourth-order valence-corrected chi connectivity index (χ4v) is 1.08. The summed E-state index contributed by atoms with van der Waals surface area (Å²) in [6.07, 6.45) is -1.02. The summed E-state index contributed by atoms with van der Waals surface area (Å²) in [6, 6.07) is 2.10. The standard InChI is InChI=1S/C7H6BrFN2O2/c8-6-4(10)1-3(9)2-5(6)13-7(11)12/h1-2H,10H2,(H2,11,12). The molecule has 70 valence electrons. The molecule has 0 radical (unpaired) electrons. The van der Waals surface area contributed by atoms with Gasteiger partial charge in [0.25, 0.3) is 0 Å². The van der Waals surface area contributed by atoms with E-state index in [2.05, 4.69) is 20.7 Å². The molecule has 1 aromatic carbocycles. The highest BCUT2D eigenvalue weighted by molar-refractivity contribution is 9.10. The van der Waals surface area contributed by atoms with Gasteiger partial charge in [0.1, 0.15) is 5.82 Å². The molecule has 0 aliphatic carbocycles. The molecule has 0 aromatic heterocycles. The van der Waals surface area contributed by atoms with Crippen LogP contribution in [0, 0.1) is 5.82 Å². The van der Waals surface area contributed by atoms with E-state index in [0.29, 0.717) is 4.47 Å². The SMILES string of the molecule is NC(=O)Oc1cc(F)cc(N)c1Br. The van der Waals surface area contributed by atoms with E-state index in [9.17, 15) is 9.18 Å². The van der Waals surface area contributed by atoms with E-state index in [1.54, 1.807) is 0 Å². The highest BCUT2D eigenvalue weighted by atomic mass is 79.9. The Bertz CT molecular complexity index is 357. The maximum Gasteiger partial charge on any atom is 0.410 e. The number of ether oxygens (including phenoxy) is 1. The summed E-state index contributed by atoms with van der Waals surface area (Å²) in [5.41, 5.74) is 10.3. The number of benzene rings is 1. The van der Waals surface area contributed by atoms with E-state index in [4.69, 9.17) is 11.5 Å². The van der Waals surface area contributed by atoms with Crippen molar-refractivity contribution in [2.24, 2.45) is 5.73 Å². The first kappa shape index (κ1) is 9.79. The van der Waals surface area contributed by atoms with E-state index in [1.807, 2.05) is 0 Å². The molecule has 0 spiro atoms. The van der Waals surface area contributed by atoms with Gasteiger partial charge in [-0.15, -0.1) is 0 Å². The van der Waals surface area contributed by atoms with E-state index < -0.39 is 11.9 Å². The van der Waals surface area contributed by atoms with Crippen LogP contribution in [0.4, 0.5) is 14.9 Å². The van der Waals surface area contributed by atoms with Gasteiger partial charge in [-0.1, -0.05) is 0 Å². The van der Waals surface area contributed by atoms with Gasteiger partial charge >= 0.3 is 6.09 Å². The number of carbonyl (C=O) groups excluding carboxylic acids is 1. The van der Waals surface area contributed by atoms with Gasteiger partial charge in [-0.2, -0.15) is 0 Å². The highest BCUT2D eigenvalue weighted by Gasteiger charge is 2.09. The van der Waals surface area contributed by atoms with Gasteiger partial charge in [0, 0.05) is 6.07 Å². The molecule has 0 unspecified atom stereocenters. The van der Waals surface area contributed by atoms with Crippen LogP contribution in [-0.4, -0.2) is 6.09 Å². The molecule has 0 bridgehead atoms. The van der Waals surface area contributed by atoms with Gasteiger partial charge in [-0.05, 0) is 22.0 Å². The number of hydrogen-bond acceptors (Lipinski definition) is 3. The zero-order valence-corrected chi connectivity index (χ0v) is 7.97. The third-order valence-electron chi connectivity index (χ3n) is 1.24. The topological polar surface area (TPSA) is 78.3 Å². The van der Waals surface area contributed by atoms with E-state index >= 15 is 0 Å². The number of halogens is 2. The molecule has 0 aliphatic heterocycles. The minimum atomic E-state index is -1.02. The van der Waals surface area contributed by atoms with Crippen molar-refractivity contribution in [3.8, 4) is 5.75 Å². The number of primary amides is 1. The second kappa shape index (κ2) is 3.61. The van der Waals surface area contributed by atoms with Crippen LogP contribution in [0.15, 0.2) is 16.6 Å². The Morgan fingerprint density at radius 2 is 2.15 bits per heavy atom. The molecular weight excluding hydrogens is 243 g/mol. The lowest BCUT2D eigenvalue weighted by Gasteiger charge is -2.05. The summed E-state index contributed by atoms with van der Waals surface area (Å²) in [5.74, 6) is -0.637. The van der Waals surface area contributed by atoms with Crippen molar-refractivity contribution in [1.29, 1.82) is 0 Å². The average Bonchev–Trinajstić information content (AvgIpc) is 1.98. The van der Waals surface area contributed by atoms with E-state index in [-0.39, 0.29) is 11.4 Å². The molecule has 0 saturated heterocycles. The smallest absolute Gasteiger partial charge is 0.409 e. The number of anilines is 1. The van der Waals surface area contributed by atoms with Crippen molar-refractivity contribution in [2.75, 3.05) is 5.73 Å². The molecule has 13 heavy (non-hydrogen) atoms. The van der Waals surface area contributed by atoms with Crippen LogP contribution in [0.5, 0.6) is 5.75 Å². The van der Waals surface area contributed by atoms with Crippen LogP contribution in [0.25, 0.3) is 0 Å². The summed E-state index contributed by atoms with van der Waals surface area (Å²) in [6.45, 7) is 0. The van der Waals surface area contributed by atoms with Crippen LogP contribution < -0.4 is 16.2 Å². The van der Waals surface area contributed by atoms with Crippen molar-refractivity contribution in [3.63, 3.8) is 0 Å².